The fourth-order valence-corrected chi connectivity index (χ4v) is 1.56. The summed E-state index contributed by atoms with van der Waals surface area (Å²) >= 11 is 0. The molecule has 0 saturated carbocycles. The topological polar surface area (TPSA) is 67.6 Å². The lowest BCUT2D eigenvalue weighted by molar-refractivity contribution is 0.202. The first-order valence-corrected chi connectivity index (χ1v) is 5.27. The van der Waals surface area contributed by atoms with Crippen LogP contribution in [0.5, 0.6) is 5.75 Å². The van der Waals surface area contributed by atoms with Gasteiger partial charge in [0.25, 0.3) is 0 Å². The summed E-state index contributed by atoms with van der Waals surface area (Å²) in [5, 5.41) is 2.74. The van der Waals surface area contributed by atoms with Crippen LogP contribution in [0.4, 0.5) is 10.5 Å². The van der Waals surface area contributed by atoms with Gasteiger partial charge in [0, 0.05) is 18.8 Å². The molecular weight excluding hydrogens is 206 g/mol. The molecule has 0 spiro atoms. The molecule has 5 heteroatoms. The summed E-state index contributed by atoms with van der Waals surface area (Å²) in [6.45, 7) is 2.58. The van der Waals surface area contributed by atoms with Gasteiger partial charge in [-0.05, 0) is 24.3 Å². The largest absolute Gasteiger partial charge is 0.492 e. The van der Waals surface area contributed by atoms with Crippen LogP contribution in [0.2, 0.25) is 0 Å². The maximum atomic E-state index is 11.2. The van der Waals surface area contributed by atoms with Crippen molar-refractivity contribution in [1.29, 1.82) is 0 Å². The highest BCUT2D eigenvalue weighted by Crippen LogP contribution is 2.12. The summed E-state index contributed by atoms with van der Waals surface area (Å²) in [7, 11) is 0. The summed E-state index contributed by atoms with van der Waals surface area (Å²) in [4.78, 5) is 12.9. The van der Waals surface area contributed by atoms with E-state index in [2.05, 4.69) is 5.32 Å². The second kappa shape index (κ2) is 4.74. The number of rotatable bonds is 4. The van der Waals surface area contributed by atoms with Crippen LogP contribution in [0.15, 0.2) is 24.3 Å². The van der Waals surface area contributed by atoms with Crippen molar-refractivity contribution >= 4 is 11.7 Å². The van der Waals surface area contributed by atoms with Gasteiger partial charge in [-0.1, -0.05) is 0 Å². The Labute approximate surface area is 94.2 Å². The molecular formula is C11H15N3O2. The van der Waals surface area contributed by atoms with Crippen molar-refractivity contribution in [2.45, 2.75) is 0 Å². The number of ether oxygens (including phenoxy) is 1. The van der Waals surface area contributed by atoms with Crippen LogP contribution in [0.25, 0.3) is 0 Å². The van der Waals surface area contributed by atoms with E-state index in [-0.39, 0.29) is 6.03 Å². The summed E-state index contributed by atoms with van der Waals surface area (Å²) < 4.78 is 5.49. The molecule has 5 nitrogen and oxygen atoms in total. The number of nitrogens with zero attached hydrogens (tertiary/aromatic N) is 1. The van der Waals surface area contributed by atoms with Crippen LogP contribution in [0.3, 0.4) is 0 Å². The van der Waals surface area contributed by atoms with Gasteiger partial charge in [-0.3, -0.25) is 0 Å². The minimum Gasteiger partial charge on any atom is -0.492 e. The van der Waals surface area contributed by atoms with Gasteiger partial charge in [-0.25, -0.2) is 4.79 Å². The van der Waals surface area contributed by atoms with E-state index in [1.165, 1.54) is 0 Å². The molecule has 16 heavy (non-hydrogen) atoms. The maximum absolute atomic E-state index is 11.2. The van der Waals surface area contributed by atoms with E-state index in [0.717, 1.165) is 18.8 Å². The standard InChI is InChI=1S/C11H15N3O2/c12-9-1-3-10(4-2-9)16-8-7-14-6-5-13-11(14)15/h1-4H,5-8,12H2,(H,13,15). The molecule has 1 aliphatic rings. The number of hydrogen-bond donors (Lipinski definition) is 2. The summed E-state index contributed by atoms with van der Waals surface area (Å²) in [5.41, 5.74) is 6.27. The molecule has 0 radical (unpaired) electrons. The fraction of sp³-hybridized carbons (Fsp3) is 0.364. The lowest BCUT2D eigenvalue weighted by Gasteiger charge is -2.14. The zero-order chi connectivity index (χ0) is 11.4. The molecule has 1 aromatic rings. The van der Waals surface area contributed by atoms with Gasteiger partial charge in [0.2, 0.25) is 0 Å². The highest BCUT2D eigenvalue weighted by molar-refractivity contribution is 5.76. The second-order valence-electron chi connectivity index (χ2n) is 3.64. The molecule has 0 atom stereocenters. The van der Waals surface area contributed by atoms with E-state index in [1.54, 1.807) is 17.0 Å². The Balaban J connectivity index is 1.75. The fourth-order valence-electron chi connectivity index (χ4n) is 1.56. The number of anilines is 1. The molecule has 2 amide bonds. The average molecular weight is 221 g/mol. The number of nitrogens with one attached hydrogen (secondary N) is 1. The first-order valence-electron chi connectivity index (χ1n) is 5.27. The van der Waals surface area contributed by atoms with Crippen LogP contribution in [-0.2, 0) is 0 Å². The van der Waals surface area contributed by atoms with Gasteiger partial charge in [-0.2, -0.15) is 0 Å². The molecule has 0 aromatic heterocycles. The highest BCUT2D eigenvalue weighted by atomic mass is 16.5. The molecule has 0 aliphatic carbocycles. The molecule has 1 fully saturated rings. The molecule has 1 aromatic carbocycles. The molecule has 1 saturated heterocycles. The molecule has 2 rings (SSSR count). The van der Waals surface area contributed by atoms with Crippen LogP contribution in [0, 0.1) is 0 Å². The van der Waals surface area contributed by atoms with Crippen LogP contribution < -0.4 is 15.8 Å². The zero-order valence-electron chi connectivity index (χ0n) is 8.98. The Morgan fingerprint density at radius 2 is 2.12 bits per heavy atom. The molecule has 3 N–H and O–H groups in total. The lowest BCUT2D eigenvalue weighted by Crippen LogP contribution is -2.31. The van der Waals surface area contributed by atoms with Crippen LogP contribution in [-0.4, -0.2) is 37.2 Å². The minimum atomic E-state index is -0.0130. The third kappa shape index (κ3) is 2.56. The predicted octanol–water partition coefficient (Wildman–Crippen LogP) is 0.673. The summed E-state index contributed by atoms with van der Waals surface area (Å²) in [6, 6.07) is 7.20. The van der Waals surface area contributed by atoms with E-state index in [4.69, 9.17) is 10.5 Å². The van der Waals surface area contributed by atoms with Gasteiger partial charge in [0.1, 0.15) is 12.4 Å². The number of hydrogen-bond acceptors (Lipinski definition) is 3. The van der Waals surface area contributed by atoms with E-state index in [1.807, 2.05) is 12.1 Å². The van der Waals surface area contributed by atoms with E-state index in [9.17, 15) is 4.79 Å². The lowest BCUT2D eigenvalue weighted by atomic mass is 10.3. The predicted molar refractivity (Wildman–Crippen MR) is 61.3 cm³/mol. The van der Waals surface area contributed by atoms with Crippen molar-refractivity contribution in [3.63, 3.8) is 0 Å². The maximum Gasteiger partial charge on any atom is 0.317 e. The third-order valence-corrected chi connectivity index (χ3v) is 2.46. The second-order valence-corrected chi connectivity index (χ2v) is 3.64. The summed E-state index contributed by atoms with van der Waals surface area (Å²) in [5.74, 6) is 0.772. The van der Waals surface area contributed by atoms with E-state index >= 15 is 0 Å². The number of benzene rings is 1. The van der Waals surface area contributed by atoms with Gasteiger partial charge >= 0.3 is 6.03 Å². The number of nitrogens with two attached hydrogens (primary N) is 1. The Morgan fingerprint density at radius 1 is 1.38 bits per heavy atom. The van der Waals surface area contributed by atoms with Crippen molar-refractivity contribution in [3.8, 4) is 5.75 Å². The van der Waals surface area contributed by atoms with Gasteiger partial charge in [-0.15, -0.1) is 0 Å². The van der Waals surface area contributed by atoms with Crippen LogP contribution >= 0.6 is 0 Å². The van der Waals surface area contributed by atoms with Crippen molar-refractivity contribution in [2.75, 3.05) is 32.0 Å². The smallest absolute Gasteiger partial charge is 0.317 e. The average Bonchev–Trinajstić information content (AvgIpc) is 2.68. The van der Waals surface area contributed by atoms with Crippen molar-refractivity contribution < 1.29 is 9.53 Å². The Morgan fingerprint density at radius 3 is 2.75 bits per heavy atom. The number of amides is 2. The van der Waals surface area contributed by atoms with Gasteiger partial charge in [0.05, 0.1) is 6.54 Å². The van der Waals surface area contributed by atoms with Crippen molar-refractivity contribution in [2.24, 2.45) is 0 Å². The van der Waals surface area contributed by atoms with E-state index < -0.39 is 0 Å². The SMILES string of the molecule is Nc1ccc(OCCN2CCNC2=O)cc1. The third-order valence-electron chi connectivity index (χ3n) is 2.46. The Kier molecular flexibility index (Phi) is 3.14. The first kappa shape index (κ1) is 10.6. The number of urea groups is 1. The number of carbonyl (C=O) groups is 1. The first-order chi connectivity index (χ1) is 7.75. The minimum absolute atomic E-state index is 0.0130. The van der Waals surface area contributed by atoms with Crippen molar-refractivity contribution in [1.82, 2.24) is 10.2 Å². The monoisotopic (exact) mass is 221 g/mol. The van der Waals surface area contributed by atoms with Crippen LogP contribution in [0.1, 0.15) is 0 Å². The Bertz CT molecular complexity index is 364. The van der Waals surface area contributed by atoms with Gasteiger partial charge < -0.3 is 20.7 Å². The zero-order valence-corrected chi connectivity index (χ0v) is 8.98. The number of nitrogen functional groups attached to an aromatic ring is 1. The van der Waals surface area contributed by atoms with Crippen molar-refractivity contribution in [3.05, 3.63) is 24.3 Å². The number of carbonyl (C=O) groups excluding carboxylic acids is 1. The normalized spacial score (nSPS) is 15.0. The molecule has 1 heterocycles. The van der Waals surface area contributed by atoms with Gasteiger partial charge in [0.15, 0.2) is 0 Å². The molecule has 1 aliphatic heterocycles. The molecule has 0 unspecified atom stereocenters. The molecule has 0 bridgehead atoms. The van der Waals surface area contributed by atoms with E-state index in [0.29, 0.717) is 18.8 Å². The quantitative estimate of drug-likeness (QED) is 0.734. The highest BCUT2D eigenvalue weighted by Gasteiger charge is 2.18. The molecule has 86 valence electrons. The summed E-state index contributed by atoms with van der Waals surface area (Å²) in [6.07, 6.45) is 0. The Hall–Kier alpha value is -1.91.